The number of nitrogens with zero attached hydrogens (tertiary/aromatic N) is 2. The Hall–Kier alpha value is -2.41. The summed E-state index contributed by atoms with van der Waals surface area (Å²) in [7, 11) is 1.72. The highest BCUT2D eigenvalue weighted by atomic mass is 32.1. The van der Waals surface area contributed by atoms with E-state index in [1.54, 1.807) is 18.4 Å². The van der Waals surface area contributed by atoms with Gasteiger partial charge in [-0.25, -0.2) is 4.98 Å². The van der Waals surface area contributed by atoms with E-state index in [-0.39, 0.29) is 5.91 Å². The standard InChI is InChI=1S/C18H25N5OS/c1-14-23-16(13-25-14)8-10-20-18(19-2)21-11-9-17(24)22-12-15-6-4-3-5-7-15/h3-7,13H,8-12H2,1-2H3,(H,22,24)(H2,19,20,21). The number of carbonyl (C=O) groups excluding carboxylic acids is 1. The average Bonchev–Trinajstić information content (AvgIpc) is 3.04. The Morgan fingerprint density at radius 1 is 1.16 bits per heavy atom. The van der Waals surface area contributed by atoms with Crippen LogP contribution in [0.15, 0.2) is 40.7 Å². The summed E-state index contributed by atoms with van der Waals surface area (Å²) in [5, 5.41) is 12.4. The molecule has 0 aliphatic rings. The quantitative estimate of drug-likeness (QED) is 0.497. The summed E-state index contributed by atoms with van der Waals surface area (Å²) < 4.78 is 0. The molecule has 0 fully saturated rings. The SMILES string of the molecule is CN=C(NCCC(=O)NCc1ccccc1)NCCc1csc(C)n1. The van der Waals surface area contributed by atoms with Crippen LogP contribution in [0.3, 0.4) is 0 Å². The first-order valence-electron chi connectivity index (χ1n) is 8.33. The van der Waals surface area contributed by atoms with Crippen LogP contribution in [0.5, 0.6) is 0 Å². The van der Waals surface area contributed by atoms with E-state index in [4.69, 9.17) is 0 Å². The minimum atomic E-state index is 0.0183. The zero-order valence-electron chi connectivity index (χ0n) is 14.7. The van der Waals surface area contributed by atoms with Gasteiger partial charge in [-0.2, -0.15) is 0 Å². The lowest BCUT2D eigenvalue weighted by Crippen LogP contribution is -2.40. The topological polar surface area (TPSA) is 78.4 Å². The second-order valence-electron chi connectivity index (χ2n) is 5.55. The Labute approximate surface area is 152 Å². The van der Waals surface area contributed by atoms with Crippen LogP contribution < -0.4 is 16.0 Å². The molecule has 0 atom stereocenters. The molecule has 1 heterocycles. The van der Waals surface area contributed by atoms with Crippen molar-refractivity contribution in [1.29, 1.82) is 0 Å². The number of nitrogens with one attached hydrogen (secondary N) is 3. The third-order valence-electron chi connectivity index (χ3n) is 3.54. The third-order valence-corrected chi connectivity index (χ3v) is 4.36. The number of benzene rings is 1. The zero-order valence-corrected chi connectivity index (χ0v) is 15.5. The molecule has 2 rings (SSSR count). The van der Waals surface area contributed by atoms with E-state index in [0.717, 1.165) is 29.2 Å². The van der Waals surface area contributed by atoms with Crippen molar-refractivity contribution in [3.8, 4) is 0 Å². The molecule has 1 aromatic carbocycles. The first-order valence-corrected chi connectivity index (χ1v) is 9.21. The van der Waals surface area contributed by atoms with Gasteiger partial charge >= 0.3 is 0 Å². The maximum absolute atomic E-state index is 11.9. The lowest BCUT2D eigenvalue weighted by molar-refractivity contribution is -0.121. The van der Waals surface area contributed by atoms with Crippen molar-refractivity contribution >= 4 is 23.2 Å². The van der Waals surface area contributed by atoms with E-state index < -0.39 is 0 Å². The molecule has 25 heavy (non-hydrogen) atoms. The van der Waals surface area contributed by atoms with Crippen molar-refractivity contribution in [3.63, 3.8) is 0 Å². The van der Waals surface area contributed by atoms with E-state index in [2.05, 4.69) is 31.3 Å². The molecule has 0 aliphatic carbocycles. The minimum Gasteiger partial charge on any atom is -0.356 e. The molecule has 1 amide bonds. The second kappa shape index (κ2) is 10.5. The first-order chi connectivity index (χ1) is 12.2. The fraction of sp³-hybridized carbons (Fsp3) is 0.389. The highest BCUT2D eigenvalue weighted by Crippen LogP contribution is 2.07. The Balaban J connectivity index is 1.59. The van der Waals surface area contributed by atoms with Crippen LogP contribution in [0.4, 0.5) is 0 Å². The lowest BCUT2D eigenvalue weighted by atomic mass is 10.2. The van der Waals surface area contributed by atoms with Crippen LogP contribution in [0.2, 0.25) is 0 Å². The molecule has 6 nitrogen and oxygen atoms in total. The Kier molecular flexibility index (Phi) is 7.91. The highest BCUT2D eigenvalue weighted by molar-refractivity contribution is 7.09. The first kappa shape index (κ1) is 18.9. The fourth-order valence-corrected chi connectivity index (χ4v) is 2.88. The molecule has 0 bridgehead atoms. The number of guanidine groups is 1. The smallest absolute Gasteiger partial charge is 0.222 e. The van der Waals surface area contributed by atoms with E-state index in [9.17, 15) is 4.79 Å². The fourth-order valence-electron chi connectivity index (χ4n) is 2.23. The van der Waals surface area contributed by atoms with Crippen LogP contribution in [-0.4, -0.2) is 37.0 Å². The van der Waals surface area contributed by atoms with Crippen molar-refractivity contribution in [3.05, 3.63) is 52.0 Å². The van der Waals surface area contributed by atoms with Crippen LogP contribution in [0.25, 0.3) is 0 Å². The molecule has 0 spiro atoms. The third kappa shape index (κ3) is 7.34. The maximum Gasteiger partial charge on any atom is 0.222 e. The largest absolute Gasteiger partial charge is 0.356 e. The number of amides is 1. The van der Waals surface area contributed by atoms with Gasteiger partial charge in [0.15, 0.2) is 5.96 Å². The van der Waals surface area contributed by atoms with Crippen LogP contribution in [-0.2, 0) is 17.8 Å². The van der Waals surface area contributed by atoms with Gasteiger partial charge in [0.2, 0.25) is 5.91 Å². The minimum absolute atomic E-state index is 0.0183. The average molecular weight is 359 g/mol. The summed E-state index contributed by atoms with van der Waals surface area (Å²) in [6.07, 6.45) is 1.25. The number of rotatable bonds is 8. The van der Waals surface area contributed by atoms with E-state index in [1.807, 2.05) is 37.3 Å². The lowest BCUT2D eigenvalue weighted by Gasteiger charge is -2.11. The Bertz CT molecular complexity index is 684. The van der Waals surface area contributed by atoms with Gasteiger partial charge in [-0.1, -0.05) is 30.3 Å². The van der Waals surface area contributed by atoms with Gasteiger partial charge < -0.3 is 16.0 Å². The molecule has 0 aliphatic heterocycles. The van der Waals surface area contributed by atoms with Gasteiger partial charge in [0.1, 0.15) is 0 Å². The molecular weight excluding hydrogens is 334 g/mol. The number of thiazole rings is 1. The summed E-state index contributed by atoms with van der Waals surface area (Å²) in [6, 6.07) is 9.88. The number of hydrogen-bond donors (Lipinski definition) is 3. The number of aryl methyl sites for hydroxylation is 1. The predicted octanol–water partition coefficient (Wildman–Crippen LogP) is 1.87. The summed E-state index contributed by atoms with van der Waals surface area (Å²) in [4.78, 5) is 20.5. The van der Waals surface area contributed by atoms with Crippen molar-refractivity contribution < 1.29 is 4.79 Å². The molecule has 0 unspecified atom stereocenters. The van der Waals surface area contributed by atoms with Gasteiger partial charge in [-0.3, -0.25) is 9.79 Å². The van der Waals surface area contributed by atoms with Gasteiger partial charge in [0.25, 0.3) is 0 Å². The van der Waals surface area contributed by atoms with E-state index >= 15 is 0 Å². The molecule has 0 radical (unpaired) electrons. The molecule has 7 heteroatoms. The summed E-state index contributed by atoms with van der Waals surface area (Å²) in [5.41, 5.74) is 2.18. The summed E-state index contributed by atoms with van der Waals surface area (Å²) in [5.74, 6) is 0.715. The van der Waals surface area contributed by atoms with Crippen LogP contribution in [0.1, 0.15) is 22.7 Å². The van der Waals surface area contributed by atoms with Crippen molar-refractivity contribution in [2.75, 3.05) is 20.1 Å². The second-order valence-corrected chi connectivity index (χ2v) is 6.61. The Morgan fingerprint density at radius 2 is 1.92 bits per heavy atom. The highest BCUT2D eigenvalue weighted by Gasteiger charge is 2.03. The molecule has 1 aromatic heterocycles. The molecule has 0 saturated carbocycles. The number of aromatic nitrogens is 1. The number of carbonyl (C=O) groups is 1. The summed E-state index contributed by atoms with van der Waals surface area (Å²) in [6.45, 7) is 3.85. The maximum atomic E-state index is 11.9. The normalized spacial score (nSPS) is 11.2. The van der Waals surface area contributed by atoms with Crippen molar-refractivity contribution in [1.82, 2.24) is 20.9 Å². The van der Waals surface area contributed by atoms with E-state index in [1.165, 1.54) is 0 Å². The number of hydrogen-bond acceptors (Lipinski definition) is 4. The molecule has 134 valence electrons. The van der Waals surface area contributed by atoms with Crippen LogP contribution in [0, 0.1) is 6.92 Å². The molecule has 0 saturated heterocycles. The van der Waals surface area contributed by atoms with Crippen LogP contribution >= 0.6 is 11.3 Å². The molecular formula is C18H25N5OS. The molecule has 3 N–H and O–H groups in total. The van der Waals surface area contributed by atoms with E-state index in [0.29, 0.717) is 25.5 Å². The number of aliphatic imine (C=N–C) groups is 1. The summed E-state index contributed by atoms with van der Waals surface area (Å²) >= 11 is 1.66. The van der Waals surface area contributed by atoms with Gasteiger partial charge in [-0.05, 0) is 12.5 Å². The van der Waals surface area contributed by atoms with Crippen molar-refractivity contribution in [2.45, 2.75) is 26.3 Å². The van der Waals surface area contributed by atoms with Crippen molar-refractivity contribution in [2.24, 2.45) is 4.99 Å². The Morgan fingerprint density at radius 3 is 2.60 bits per heavy atom. The predicted molar refractivity (Wildman–Crippen MR) is 103 cm³/mol. The van der Waals surface area contributed by atoms with Gasteiger partial charge in [0, 0.05) is 44.9 Å². The zero-order chi connectivity index (χ0) is 17.9. The van der Waals surface area contributed by atoms with Gasteiger partial charge in [0.05, 0.1) is 10.7 Å². The monoisotopic (exact) mass is 359 g/mol. The van der Waals surface area contributed by atoms with Gasteiger partial charge in [-0.15, -0.1) is 11.3 Å². The molecule has 2 aromatic rings.